The standard InChI is InChI=1S/C26H30ClN5OS/c27-20-11-13-21(14-12-20)34-23-9-4-3-8-22(23)28-25(33)18-31-15-6-7-19(17-31)26-30-29-24-10-2-1-5-16-32(24)26/h3-4,8-9,11-14,19H,1-2,5-7,10,15-18H2,(H,28,33). The number of anilines is 1. The maximum absolute atomic E-state index is 13.0. The Morgan fingerprint density at radius 3 is 2.76 bits per heavy atom. The third kappa shape index (κ3) is 5.65. The number of halogens is 1. The van der Waals surface area contributed by atoms with Gasteiger partial charge in [0.1, 0.15) is 11.6 Å². The summed E-state index contributed by atoms with van der Waals surface area (Å²) in [6.07, 6.45) is 6.87. The van der Waals surface area contributed by atoms with E-state index >= 15 is 0 Å². The second-order valence-corrected chi connectivity index (χ2v) is 10.7. The molecular weight excluding hydrogens is 466 g/mol. The smallest absolute Gasteiger partial charge is 0.238 e. The Morgan fingerprint density at radius 1 is 1.03 bits per heavy atom. The van der Waals surface area contributed by atoms with Crippen LogP contribution in [0.25, 0.3) is 0 Å². The molecule has 1 fully saturated rings. The van der Waals surface area contributed by atoms with Crippen LogP contribution < -0.4 is 5.32 Å². The highest BCUT2D eigenvalue weighted by Gasteiger charge is 2.28. The molecule has 1 unspecified atom stereocenters. The molecule has 1 N–H and O–H groups in total. The van der Waals surface area contributed by atoms with Crippen molar-refractivity contribution in [1.29, 1.82) is 0 Å². The number of likely N-dealkylation sites (tertiary alicyclic amines) is 1. The fraction of sp³-hybridized carbons (Fsp3) is 0.423. The maximum Gasteiger partial charge on any atom is 0.238 e. The summed E-state index contributed by atoms with van der Waals surface area (Å²) >= 11 is 7.63. The van der Waals surface area contributed by atoms with Crippen molar-refractivity contribution in [3.63, 3.8) is 0 Å². The van der Waals surface area contributed by atoms with Crippen molar-refractivity contribution in [3.8, 4) is 0 Å². The second-order valence-electron chi connectivity index (χ2n) is 9.11. The monoisotopic (exact) mass is 495 g/mol. The number of piperidine rings is 1. The van der Waals surface area contributed by atoms with Crippen molar-refractivity contribution in [3.05, 3.63) is 65.2 Å². The van der Waals surface area contributed by atoms with E-state index in [9.17, 15) is 4.79 Å². The Bertz CT molecular complexity index is 1130. The summed E-state index contributed by atoms with van der Waals surface area (Å²) in [7, 11) is 0. The lowest BCUT2D eigenvalue weighted by Crippen LogP contribution is -2.40. The molecular formula is C26H30ClN5OS. The second kappa shape index (κ2) is 10.9. The van der Waals surface area contributed by atoms with Gasteiger partial charge in [0.25, 0.3) is 0 Å². The molecule has 0 radical (unpaired) electrons. The molecule has 2 aliphatic heterocycles. The number of hydrogen-bond acceptors (Lipinski definition) is 5. The van der Waals surface area contributed by atoms with E-state index in [0.717, 1.165) is 66.0 Å². The summed E-state index contributed by atoms with van der Waals surface area (Å²) in [5.74, 6) is 2.61. The highest BCUT2D eigenvalue weighted by Crippen LogP contribution is 2.34. The van der Waals surface area contributed by atoms with E-state index in [4.69, 9.17) is 11.6 Å². The lowest BCUT2D eigenvalue weighted by molar-refractivity contribution is -0.117. The fourth-order valence-electron chi connectivity index (χ4n) is 4.90. The van der Waals surface area contributed by atoms with Crippen molar-refractivity contribution in [2.45, 2.75) is 60.8 Å². The molecule has 3 heterocycles. The summed E-state index contributed by atoms with van der Waals surface area (Å²) in [6.45, 7) is 3.20. The van der Waals surface area contributed by atoms with Crippen molar-refractivity contribution >= 4 is 35.0 Å². The molecule has 8 heteroatoms. The van der Waals surface area contributed by atoms with Gasteiger partial charge in [-0.15, -0.1) is 10.2 Å². The molecule has 178 valence electrons. The Labute approximate surface area is 210 Å². The zero-order chi connectivity index (χ0) is 23.3. The van der Waals surface area contributed by atoms with Gasteiger partial charge in [-0.2, -0.15) is 0 Å². The van der Waals surface area contributed by atoms with Crippen molar-refractivity contribution in [1.82, 2.24) is 19.7 Å². The highest BCUT2D eigenvalue weighted by molar-refractivity contribution is 7.99. The molecule has 5 rings (SSSR count). The summed E-state index contributed by atoms with van der Waals surface area (Å²) in [4.78, 5) is 17.3. The average Bonchev–Trinajstić information content (AvgIpc) is 3.10. The van der Waals surface area contributed by atoms with Crippen LogP contribution in [0.2, 0.25) is 5.02 Å². The number of aromatic nitrogens is 3. The predicted octanol–water partition coefficient (Wildman–Crippen LogP) is 5.63. The first-order valence-electron chi connectivity index (χ1n) is 12.1. The summed E-state index contributed by atoms with van der Waals surface area (Å²) in [6, 6.07) is 15.7. The first-order chi connectivity index (χ1) is 16.7. The van der Waals surface area contributed by atoms with Gasteiger partial charge in [0.15, 0.2) is 0 Å². The van der Waals surface area contributed by atoms with Gasteiger partial charge in [0.05, 0.1) is 12.2 Å². The number of carbonyl (C=O) groups is 1. The number of para-hydroxylation sites is 1. The van der Waals surface area contributed by atoms with Crippen molar-refractivity contribution in [2.24, 2.45) is 0 Å². The van der Waals surface area contributed by atoms with Gasteiger partial charge in [-0.25, -0.2) is 0 Å². The van der Waals surface area contributed by atoms with Crippen LogP contribution in [-0.4, -0.2) is 45.2 Å². The van der Waals surface area contributed by atoms with Crippen LogP contribution in [0.3, 0.4) is 0 Å². The molecule has 0 bridgehead atoms. The number of nitrogens with zero attached hydrogens (tertiary/aromatic N) is 4. The summed E-state index contributed by atoms with van der Waals surface area (Å²) in [5.41, 5.74) is 0.837. The van der Waals surface area contributed by atoms with Crippen LogP contribution in [0.4, 0.5) is 5.69 Å². The van der Waals surface area contributed by atoms with Crippen LogP contribution >= 0.6 is 23.4 Å². The van der Waals surface area contributed by atoms with E-state index in [1.165, 1.54) is 19.3 Å². The molecule has 0 aliphatic carbocycles. The van der Waals surface area contributed by atoms with Crippen LogP contribution in [0.1, 0.15) is 49.7 Å². The van der Waals surface area contributed by atoms with E-state index in [2.05, 4.69) is 25.0 Å². The van der Waals surface area contributed by atoms with Gasteiger partial charge >= 0.3 is 0 Å². The first-order valence-corrected chi connectivity index (χ1v) is 13.3. The van der Waals surface area contributed by atoms with E-state index in [1.54, 1.807) is 11.8 Å². The number of aryl methyl sites for hydroxylation is 1. The number of nitrogens with one attached hydrogen (secondary N) is 1. The first kappa shape index (κ1) is 23.4. The molecule has 1 aromatic heterocycles. The number of rotatable bonds is 6. The zero-order valence-electron chi connectivity index (χ0n) is 19.3. The van der Waals surface area contributed by atoms with Gasteiger partial charge < -0.3 is 9.88 Å². The third-order valence-corrected chi connectivity index (χ3v) is 7.91. The SMILES string of the molecule is O=C(CN1CCCC(c2nnc3n2CCCCC3)C1)Nc1ccccc1Sc1ccc(Cl)cc1. The number of fused-ring (bicyclic) bond motifs is 1. The van der Waals surface area contributed by atoms with Crippen molar-refractivity contribution < 1.29 is 4.79 Å². The van der Waals surface area contributed by atoms with Gasteiger partial charge in [0, 0.05) is 40.2 Å². The number of hydrogen-bond donors (Lipinski definition) is 1. The molecule has 2 aliphatic rings. The van der Waals surface area contributed by atoms with E-state index < -0.39 is 0 Å². The van der Waals surface area contributed by atoms with Gasteiger partial charge in [0.2, 0.25) is 5.91 Å². The Balaban J connectivity index is 1.22. The molecule has 1 atom stereocenters. The van der Waals surface area contributed by atoms with Crippen LogP contribution in [0.15, 0.2) is 58.3 Å². The Morgan fingerprint density at radius 2 is 1.88 bits per heavy atom. The lowest BCUT2D eigenvalue weighted by atomic mass is 9.97. The van der Waals surface area contributed by atoms with Gasteiger partial charge in [-0.05, 0) is 68.6 Å². The van der Waals surface area contributed by atoms with Crippen LogP contribution in [0.5, 0.6) is 0 Å². The Hall–Kier alpha value is -2.35. The Kier molecular flexibility index (Phi) is 7.52. The van der Waals surface area contributed by atoms with Gasteiger partial charge in [-0.3, -0.25) is 9.69 Å². The molecule has 3 aromatic rings. The predicted molar refractivity (Wildman–Crippen MR) is 137 cm³/mol. The van der Waals surface area contributed by atoms with E-state index in [1.807, 2.05) is 48.5 Å². The maximum atomic E-state index is 13.0. The van der Waals surface area contributed by atoms with Gasteiger partial charge in [-0.1, -0.05) is 41.9 Å². The van der Waals surface area contributed by atoms with E-state index in [0.29, 0.717) is 17.5 Å². The van der Waals surface area contributed by atoms with Crippen molar-refractivity contribution in [2.75, 3.05) is 25.0 Å². The minimum absolute atomic E-state index is 0.0184. The largest absolute Gasteiger partial charge is 0.324 e. The average molecular weight is 496 g/mol. The number of benzene rings is 2. The molecule has 0 spiro atoms. The molecule has 2 aromatic carbocycles. The minimum Gasteiger partial charge on any atom is -0.324 e. The number of carbonyl (C=O) groups excluding carboxylic acids is 1. The highest BCUT2D eigenvalue weighted by atomic mass is 35.5. The third-order valence-electron chi connectivity index (χ3n) is 6.58. The van der Waals surface area contributed by atoms with Crippen LogP contribution in [0, 0.1) is 0 Å². The molecule has 34 heavy (non-hydrogen) atoms. The fourth-order valence-corrected chi connectivity index (χ4v) is 5.93. The summed E-state index contributed by atoms with van der Waals surface area (Å²) < 4.78 is 2.35. The van der Waals surface area contributed by atoms with E-state index in [-0.39, 0.29) is 5.91 Å². The molecule has 1 amide bonds. The molecule has 1 saturated heterocycles. The summed E-state index contributed by atoms with van der Waals surface area (Å²) in [5, 5.41) is 12.9. The molecule has 0 saturated carbocycles. The number of amides is 1. The topological polar surface area (TPSA) is 63.1 Å². The lowest BCUT2D eigenvalue weighted by Gasteiger charge is -2.32. The zero-order valence-corrected chi connectivity index (χ0v) is 20.8. The normalized spacial score (nSPS) is 18.8. The minimum atomic E-state index is 0.0184. The van der Waals surface area contributed by atoms with Crippen LogP contribution in [-0.2, 0) is 17.8 Å². The molecule has 6 nitrogen and oxygen atoms in total. The quantitative estimate of drug-likeness (QED) is 0.480.